The van der Waals surface area contributed by atoms with E-state index in [9.17, 15) is 4.79 Å². The fraction of sp³-hybridized carbons (Fsp3) is 0.417. The molecule has 0 aliphatic carbocycles. The second kappa shape index (κ2) is 6.19. The van der Waals surface area contributed by atoms with E-state index in [-0.39, 0.29) is 0 Å². The number of aryl methyl sites for hydroxylation is 1. The van der Waals surface area contributed by atoms with Gasteiger partial charge in [0.15, 0.2) is 0 Å². The number of hydrogen-bond donors (Lipinski definition) is 1. The zero-order chi connectivity index (χ0) is 10.2. The molecule has 0 aromatic heterocycles. The zero-order valence-corrected chi connectivity index (χ0v) is 8.41. The number of rotatable bonds is 6. The first-order valence-corrected chi connectivity index (χ1v) is 5.11. The van der Waals surface area contributed by atoms with Gasteiger partial charge in [0.2, 0.25) is 0 Å². The van der Waals surface area contributed by atoms with E-state index < -0.39 is 0 Å². The van der Waals surface area contributed by atoms with Crippen molar-refractivity contribution in [3.8, 4) is 0 Å². The van der Waals surface area contributed by atoms with Crippen LogP contribution in [0.3, 0.4) is 0 Å². The smallest absolute Gasteiger partial charge is 0.119 e. The Morgan fingerprint density at radius 3 is 2.79 bits per heavy atom. The summed E-state index contributed by atoms with van der Waals surface area (Å²) in [4.78, 5) is 10.1. The van der Waals surface area contributed by atoms with Crippen molar-refractivity contribution in [3.05, 3.63) is 29.8 Å². The summed E-state index contributed by atoms with van der Waals surface area (Å²) in [6.07, 6.45) is 6.00. The number of nitrogen functional groups attached to an aromatic ring is 1. The summed E-state index contributed by atoms with van der Waals surface area (Å²) in [5.74, 6) is 0. The number of carbonyl (C=O) groups is 1. The molecule has 0 spiro atoms. The Morgan fingerprint density at radius 2 is 2.07 bits per heavy atom. The summed E-state index contributed by atoms with van der Waals surface area (Å²) in [6, 6.07) is 7.99. The van der Waals surface area contributed by atoms with Crippen molar-refractivity contribution in [2.75, 3.05) is 5.73 Å². The van der Waals surface area contributed by atoms with Gasteiger partial charge in [-0.1, -0.05) is 18.6 Å². The number of carbonyl (C=O) groups excluding carboxylic acids is 1. The summed E-state index contributed by atoms with van der Waals surface area (Å²) in [6.45, 7) is 0. The highest BCUT2D eigenvalue weighted by molar-refractivity contribution is 5.48. The number of hydrogen-bond acceptors (Lipinski definition) is 2. The second-order valence-electron chi connectivity index (χ2n) is 3.51. The van der Waals surface area contributed by atoms with Crippen LogP contribution in [0.25, 0.3) is 0 Å². The van der Waals surface area contributed by atoms with Gasteiger partial charge in [0.05, 0.1) is 0 Å². The van der Waals surface area contributed by atoms with Gasteiger partial charge < -0.3 is 10.5 Å². The number of aldehydes is 1. The Balaban J connectivity index is 2.21. The van der Waals surface area contributed by atoms with Gasteiger partial charge in [0.25, 0.3) is 0 Å². The molecule has 0 aliphatic rings. The summed E-state index contributed by atoms with van der Waals surface area (Å²) >= 11 is 0. The van der Waals surface area contributed by atoms with E-state index in [4.69, 9.17) is 5.73 Å². The highest BCUT2D eigenvalue weighted by Crippen LogP contribution is 2.10. The van der Waals surface area contributed by atoms with E-state index in [0.717, 1.165) is 37.7 Å². The van der Waals surface area contributed by atoms with Gasteiger partial charge in [0.1, 0.15) is 6.29 Å². The third-order valence-electron chi connectivity index (χ3n) is 2.24. The van der Waals surface area contributed by atoms with Crippen molar-refractivity contribution < 1.29 is 4.79 Å². The largest absolute Gasteiger partial charge is 0.399 e. The van der Waals surface area contributed by atoms with Gasteiger partial charge in [-0.15, -0.1) is 0 Å². The Kier molecular flexibility index (Phi) is 4.76. The predicted octanol–water partition coefficient (Wildman–Crippen LogP) is 2.57. The molecule has 0 bridgehead atoms. The lowest BCUT2D eigenvalue weighted by atomic mass is 10.1. The van der Waals surface area contributed by atoms with Crippen molar-refractivity contribution in [1.82, 2.24) is 0 Å². The quantitative estimate of drug-likeness (QED) is 0.426. The molecular weight excluding hydrogens is 174 g/mol. The Hall–Kier alpha value is -1.31. The van der Waals surface area contributed by atoms with Gasteiger partial charge in [-0.25, -0.2) is 0 Å². The molecule has 1 rings (SSSR count). The fourth-order valence-corrected chi connectivity index (χ4v) is 1.48. The standard InChI is InChI=1S/C12H17NO/c13-12-8-5-7-11(10-12)6-3-1-2-4-9-14/h5,7-10H,1-4,6,13H2. The monoisotopic (exact) mass is 191 g/mol. The minimum Gasteiger partial charge on any atom is -0.399 e. The van der Waals surface area contributed by atoms with Crippen LogP contribution < -0.4 is 5.73 Å². The second-order valence-corrected chi connectivity index (χ2v) is 3.51. The van der Waals surface area contributed by atoms with Crippen molar-refractivity contribution in [2.45, 2.75) is 32.1 Å². The van der Waals surface area contributed by atoms with E-state index in [1.165, 1.54) is 5.56 Å². The maximum Gasteiger partial charge on any atom is 0.119 e. The number of anilines is 1. The van der Waals surface area contributed by atoms with Crippen LogP contribution in [0.4, 0.5) is 5.69 Å². The third kappa shape index (κ3) is 4.08. The molecule has 2 heteroatoms. The average Bonchev–Trinajstić information content (AvgIpc) is 2.18. The molecule has 0 fully saturated rings. The summed E-state index contributed by atoms with van der Waals surface area (Å²) in [5, 5.41) is 0. The molecule has 0 amide bonds. The first kappa shape index (κ1) is 10.8. The first-order chi connectivity index (χ1) is 6.83. The van der Waals surface area contributed by atoms with Gasteiger partial charge in [-0.05, 0) is 37.0 Å². The van der Waals surface area contributed by atoms with Crippen LogP contribution in [0.5, 0.6) is 0 Å². The maximum atomic E-state index is 10.1. The molecule has 1 aromatic carbocycles. The highest BCUT2D eigenvalue weighted by atomic mass is 16.1. The molecule has 0 saturated carbocycles. The van der Waals surface area contributed by atoms with Crippen molar-refractivity contribution in [3.63, 3.8) is 0 Å². The minimum absolute atomic E-state index is 0.691. The molecule has 0 atom stereocenters. The van der Waals surface area contributed by atoms with Gasteiger partial charge in [-0.2, -0.15) is 0 Å². The zero-order valence-electron chi connectivity index (χ0n) is 8.41. The Bertz CT molecular complexity index is 283. The Labute approximate surface area is 85.1 Å². The van der Waals surface area contributed by atoms with Crippen molar-refractivity contribution in [1.29, 1.82) is 0 Å². The van der Waals surface area contributed by atoms with Crippen molar-refractivity contribution >= 4 is 12.0 Å². The number of unbranched alkanes of at least 4 members (excludes halogenated alkanes) is 3. The van der Waals surface area contributed by atoms with Crippen LogP contribution in [-0.2, 0) is 11.2 Å². The van der Waals surface area contributed by atoms with Gasteiger partial charge in [-0.3, -0.25) is 0 Å². The van der Waals surface area contributed by atoms with E-state index in [1.54, 1.807) is 0 Å². The van der Waals surface area contributed by atoms with Crippen LogP contribution in [-0.4, -0.2) is 6.29 Å². The third-order valence-corrected chi connectivity index (χ3v) is 2.24. The van der Waals surface area contributed by atoms with Gasteiger partial charge in [0, 0.05) is 12.1 Å². The first-order valence-electron chi connectivity index (χ1n) is 5.11. The van der Waals surface area contributed by atoms with E-state index in [1.807, 2.05) is 18.2 Å². The lowest BCUT2D eigenvalue weighted by molar-refractivity contribution is -0.107. The molecule has 0 saturated heterocycles. The average molecular weight is 191 g/mol. The summed E-state index contributed by atoms with van der Waals surface area (Å²) in [5.41, 5.74) is 7.78. The van der Waals surface area contributed by atoms with Crippen LogP contribution in [0.2, 0.25) is 0 Å². The summed E-state index contributed by atoms with van der Waals surface area (Å²) < 4.78 is 0. The molecule has 2 nitrogen and oxygen atoms in total. The molecule has 0 heterocycles. The van der Waals surface area contributed by atoms with Crippen LogP contribution in [0.1, 0.15) is 31.2 Å². The molecule has 0 aliphatic heterocycles. The predicted molar refractivity (Wildman–Crippen MR) is 59.1 cm³/mol. The van der Waals surface area contributed by atoms with Gasteiger partial charge >= 0.3 is 0 Å². The molecule has 2 N–H and O–H groups in total. The molecule has 0 unspecified atom stereocenters. The highest BCUT2D eigenvalue weighted by Gasteiger charge is 1.94. The summed E-state index contributed by atoms with van der Waals surface area (Å²) in [7, 11) is 0. The normalized spacial score (nSPS) is 10.0. The Morgan fingerprint density at radius 1 is 1.21 bits per heavy atom. The lowest BCUT2D eigenvalue weighted by Crippen LogP contribution is -1.89. The number of nitrogens with two attached hydrogens (primary N) is 1. The maximum absolute atomic E-state index is 10.1. The molecule has 76 valence electrons. The van der Waals surface area contributed by atoms with E-state index in [0.29, 0.717) is 6.42 Å². The molecular formula is C12H17NO. The van der Waals surface area contributed by atoms with Crippen LogP contribution in [0.15, 0.2) is 24.3 Å². The van der Waals surface area contributed by atoms with Crippen LogP contribution in [0, 0.1) is 0 Å². The van der Waals surface area contributed by atoms with E-state index in [2.05, 4.69) is 6.07 Å². The fourth-order valence-electron chi connectivity index (χ4n) is 1.48. The molecule has 14 heavy (non-hydrogen) atoms. The topological polar surface area (TPSA) is 43.1 Å². The molecule has 0 radical (unpaired) electrons. The van der Waals surface area contributed by atoms with Crippen molar-refractivity contribution in [2.24, 2.45) is 0 Å². The number of benzene rings is 1. The lowest BCUT2D eigenvalue weighted by Gasteiger charge is -2.01. The van der Waals surface area contributed by atoms with Crippen LogP contribution >= 0.6 is 0 Å². The van der Waals surface area contributed by atoms with E-state index >= 15 is 0 Å². The molecule has 1 aromatic rings. The minimum atomic E-state index is 0.691. The SMILES string of the molecule is Nc1cccc(CCCCCC=O)c1.